The van der Waals surface area contributed by atoms with E-state index in [4.69, 9.17) is 0 Å². The summed E-state index contributed by atoms with van der Waals surface area (Å²) in [5.41, 5.74) is 0.505. The molecule has 2 heteroatoms. The third-order valence-corrected chi connectivity index (χ3v) is 5.07. The zero-order chi connectivity index (χ0) is 11.7. The van der Waals surface area contributed by atoms with Crippen molar-refractivity contribution in [2.45, 2.75) is 57.0 Å². The van der Waals surface area contributed by atoms with Crippen LogP contribution in [0.25, 0.3) is 0 Å². The zero-order valence-corrected chi connectivity index (χ0v) is 11.1. The molecule has 1 atom stereocenters. The summed E-state index contributed by atoms with van der Waals surface area (Å²) in [6.07, 6.45) is 13.2. The quantitative estimate of drug-likeness (QED) is 0.755. The second kappa shape index (κ2) is 4.74. The number of hydrogen-bond acceptors (Lipinski definition) is 2. The van der Waals surface area contributed by atoms with E-state index >= 15 is 0 Å². The smallest absolute Gasteiger partial charge is 0.0338 e. The molecule has 3 aliphatic rings. The fourth-order valence-electron chi connectivity index (χ4n) is 3.77. The Morgan fingerprint density at radius 1 is 1.29 bits per heavy atom. The number of nitrogens with zero attached hydrogens (tertiary/aromatic N) is 1. The van der Waals surface area contributed by atoms with Gasteiger partial charge in [0, 0.05) is 31.2 Å². The summed E-state index contributed by atoms with van der Waals surface area (Å²) in [6.45, 7) is 5.84. The molecule has 1 heterocycles. The van der Waals surface area contributed by atoms with Crippen LogP contribution in [-0.2, 0) is 0 Å². The molecule has 96 valence electrons. The molecule has 1 saturated heterocycles. The van der Waals surface area contributed by atoms with Gasteiger partial charge in [0.05, 0.1) is 0 Å². The Morgan fingerprint density at radius 3 is 2.71 bits per heavy atom. The molecule has 0 aromatic rings. The van der Waals surface area contributed by atoms with Gasteiger partial charge in [-0.1, -0.05) is 25.0 Å². The molecule has 1 aliphatic heterocycles. The lowest BCUT2D eigenvalue weighted by Crippen LogP contribution is -2.64. The standard InChI is InChI=1S/C15H26N2/c1-2-3-10-17-11-14(13-6-7-13)16-12-15(17)8-4-5-9-15/h2-3,13-14,16H,4-12H2,1H3/b3-2+. The molecule has 1 N–H and O–H groups in total. The van der Waals surface area contributed by atoms with Crippen LogP contribution >= 0.6 is 0 Å². The molecule has 17 heavy (non-hydrogen) atoms. The Labute approximate surface area is 105 Å². The van der Waals surface area contributed by atoms with Crippen molar-refractivity contribution >= 4 is 0 Å². The maximum atomic E-state index is 3.85. The monoisotopic (exact) mass is 234 g/mol. The Kier molecular flexibility index (Phi) is 3.27. The normalized spacial score (nSPS) is 33.8. The first-order valence-corrected chi connectivity index (χ1v) is 7.44. The molecule has 1 unspecified atom stereocenters. The van der Waals surface area contributed by atoms with Crippen molar-refractivity contribution in [3.63, 3.8) is 0 Å². The van der Waals surface area contributed by atoms with Crippen LogP contribution in [0.3, 0.4) is 0 Å². The molecule has 3 fully saturated rings. The third kappa shape index (κ3) is 2.30. The molecular formula is C15H26N2. The zero-order valence-electron chi connectivity index (χ0n) is 11.1. The highest BCUT2D eigenvalue weighted by Crippen LogP contribution is 2.40. The van der Waals surface area contributed by atoms with Crippen LogP contribution in [0.4, 0.5) is 0 Å². The van der Waals surface area contributed by atoms with E-state index in [0.29, 0.717) is 5.54 Å². The van der Waals surface area contributed by atoms with Gasteiger partial charge in [-0.05, 0) is 38.5 Å². The molecule has 0 aromatic heterocycles. The average molecular weight is 234 g/mol. The number of piperazine rings is 1. The van der Waals surface area contributed by atoms with Gasteiger partial charge >= 0.3 is 0 Å². The molecule has 0 radical (unpaired) electrons. The molecule has 2 nitrogen and oxygen atoms in total. The SMILES string of the molecule is C/C=C/CN1CC(C2CC2)NCC12CCCC2. The molecular weight excluding hydrogens is 208 g/mol. The van der Waals surface area contributed by atoms with Crippen molar-refractivity contribution in [3.8, 4) is 0 Å². The van der Waals surface area contributed by atoms with Crippen LogP contribution in [0, 0.1) is 5.92 Å². The fraction of sp³-hybridized carbons (Fsp3) is 0.867. The third-order valence-electron chi connectivity index (χ3n) is 5.07. The van der Waals surface area contributed by atoms with Gasteiger partial charge in [-0.3, -0.25) is 4.90 Å². The summed E-state index contributed by atoms with van der Waals surface area (Å²) < 4.78 is 0. The van der Waals surface area contributed by atoms with Crippen LogP contribution in [0.1, 0.15) is 45.4 Å². The van der Waals surface area contributed by atoms with E-state index in [9.17, 15) is 0 Å². The Hall–Kier alpha value is -0.340. The van der Waals surface area contributed by atoms with Crippen LogP contribution in [0.5, 0.6) is 0 Å². The van der Waals surface area contributed by atoms with Gasteiger partial charge in [-0.15, -0.1) is 0 Å². The molecule has 2 saturated carbocycles. The average Bonchev–Trinajstić information content (AvgIpc) is 3.10. The van der Waals surface area contributed by atoms with Gasteiger partial charge in [0.2, 0.25) is 0 Å². The Bertz CT molecular complexity index is 287. The Morgan fingerprint density at radius 2 is 2.06 bits per heavy atom. The van der Waals surface area contributed by atoms with Crippen LogP contribution in [-0.4, -0.2) is 36.1 Å². The van der Waals surface area contributed by atoms with E-state index in [1.165, 1.54) is 58.2 Å². The van der Waals surface area contributed by atoms with Crippen LogP contribution < -0.4 is 5.32 Å². The summed E-state index contributed by atoms with van der Waals surface area (Å²) in [5, 5.41) is 3.85. The molecule has 0 aromatic carbocycles. The fourth-order valence-corrected chi connectivity index (χ4v) is 3.77. The number of nitrogens with one attached hydrogen (secondary N) is 1. The van der Waals surface area contributed by atoms with Gasteiger partial charge in [0.1, 0.15) is 0 Å². The summed E-state index contributed by atoms with van der Waals surface area (Å²) in [6, 6.07) is 0.784. The van der Waals surface area contributed by atoms with Crippen molar-refractivity contribution in [1.82, 2.24) is 10.2 Å². The minimum absolute atomic E-state index is 0.505. The first-order valence-electron chi connectivity index (χ1n) is 7.44. The van der Waals surface area contributed by atoms with E-state index < -0.39 is 0 Å². The maximum absolute atomic E-state index is 3.85. The van der Waals surface area contributed by atoms with Crippen molar-refractivity contribution in [2.75, 3.05) is 19.6 Å². The second-order valence-corrected chi connectivity index (χ2v) is 6.23. The van der Waals surface area contributed by atoms with Crippen molar-refractivity contribution in [2.24, 2.45) is 5.92 Å². The Balaban J connectivity index is 1.70. The minimum atomic E-state index is 0.505. The van der Waals surface area contributed by atoms with E-state index in [1.54, 1.807) is 0 Å². The first kappa shape index (κ1) is 11.7. The number of allylic oxidation sites excluding steroid dienone is 1. The summed E-state index contributed by atoms with van der Waals surface area (Å²) in [4.78, 5) is 2.79. The largest absolute Gasteiger partial charge is 0.311 e. The lowest BCUT2D eigenvalue weighted by atomic mass is 9.90. The van der Waals surface area contributed by atoms with E-state index in [-0.39, 0.29) is 0 Å². The number of hydrogen-bond donors (Lipinski definition) is 1. The predicted molar refractivity (Wildman–Crippen MR) is 72.1 cm³/mol. The number of rotatable bonds is 3. The van der Waals surface area contributed by atoms with Crippen molar-refractivity contribution in [1.29, 1.82) is 0 Å². The highest BCUT2D eigenvalue weighted by molar-refractivity contribution is 5.06. The van der Waals surface area contributed by atoms with E-state index in [1.807, 2.05) is 0 Å². The highest BCUT2D eigenvalue weighted by Gasteiger charge is 2.45. The molecule has 0 bridgehead atoms. The van der Waals surface area contributed by atoms with Crippen LogP contribution in [0.2, 0.25) is 0 Å². The predicted octanol–water partition coefficient (Wildman–Crippen LogP) is 2.56. The van der Waals surface area contributed by atoms with E-state index in [2.05, 4.69) is 29.3 Å². The second-order valence-electron chi connectivity index (χ2n) is 6.23. The minimum Gasteiger partial charge on any atom is -0.311 e. The molecule has 2 aliphatic carbocycles. The van der Waals surface area contributed by atoms with Crippen molar-refractivity contribution < 1.29 is 0 Å². The van der Waals surface area contributed by atoms with Gasteiger partial charge in [0.25, 0.3) is 0 Å². The van der Waals surface area contributed by atoms with Gasteiger partial charge < -0.3 is 5.32 Å². The van der Waals surface area contributed by atoms with Crippen molar-refractivity contribution in [3.05, 3.63) is 12.2 Å². The first-order chi connectivity index (χ1) is 8.34. The highest BCUT2D eigenvalue weighted by atomic mass is 15.3. The van der Waals surface area contributed by atoms with E-state index in [0.717, 1.165) is 12.0 Å². The lowest BCUT2D eigenvalue weighted by Gasteiger charge is -2.48. The van der Waals surface area contributed by atoms with Gasteiger partial charge in [0.15, 0.2) is 0 Å². The van der Waals surface area contributed by atoms with Gasteiger partial charge in [-0.25, -0.2) is 0 Å². The maximum Gasteiger partial charge on any atom is 0.0338 e. The summed E-state index contributed by atoms with van der Waals surface area (Å²) in [7, 11) is 0. The lowest BCUT2D eigenvalue weighted by molar-refractivity contribution is 0.0492. The van der Waals surface area contributed by atoms with Crippen LogP contribution in [0.15, 0.2) is 12.2 Å². The molecule has 0 amide bonds. The summed E-state index contributed by atoms with van der Waals surface area (Å²) in [5.74, 6) is 0.988. The summed E-state index contributed by atoms with van der Waals surface area (Å²) >= 11 is 0. The van der Waals surface area contributed by atoms with Gasteiger partial charge in [-0.2, -0.15) is 0 Å². The molecule has 1 spiro atoms. The molecule has 3 rings (SSSR count). The topological polar surface area (TPSA) is 15.3 Å².